The predicted octanol–water partition coefficient (Wildman–Crippen LogP) is 5.36. The van der Waals surface area contributed by atoms with E-state index in [1.54, 1.807) is 32.4 Å². The highest BCUT2D eigenvalue weighted by Gasteiger charge is 2.35. The van der Waals surface area contributed by atoms with Crippen molar-refractivity contribution in [1.82, 2.24) is 5.32 Å². The molecule has 0 spiro atoms. The second-order valence-corrected chi connectivity index (χ2v) is 8.37. The van der Waals surface area contributed by atoms with Gasteiger partial charge in [-0.25, -0.2) is 0 Å². The van der Waals surface area contributed by atoms with Crippen LogP contribution in [-0.2, 0) is 4.79 Å². The van der Waals surface area contributed by atoms with Crippen molar-refractivity contribution in [1.29, 1.82) is 0 Å². The maximum Gasteiger partial charge on any atom is 0.255 e. The number of aryl methyl sites for hydroxylation is 1. The summed E-state index contributed by atoms with van der Waals surface area (Å²) in [5, 5.41) is 6.95. The smallest absolute Gasteiger partial charge is 0.255 e. The molecule has 34 heavy (non-hydrogen) atoms. The molecule has 4 rings (SSSR count). The molecule has 2 N–H and O–H groups in total. The fourth-order valence-corrected chi connectivity index (χ4v) is 4.49. The van der Waals surface area contributed by atoms with Gasteiger partial charge in [0, 0.05) is 17.5 Å². The summed E-state index contributed by atoms with van der Waals surface area (Å²) in [5.41, 5.74) is 4.77. The lowest BCUT2D eigenvalue weighted by atomic mass is 9.93. The fourth-order valence-electron chi connectivity index (χ4n) is 4.13. The van der Waals surface area contributed by atoms with Crippen molar-refractivity contribution in [3.05, 3.63) is 95.2 Å². The van der Waals surface area contributed by atoms with E-state index in [0.717, 1.165) is 22.5 Å². The van der Waals surface area contributed by atoms with Crippen molar-refractivity contribution >= 4 is 34.6 Å². The van der Waals surface area contributed by atoms with Gasteiger partial charge in [0.15, 0.2) is 5.11 Å². The minimum Gasteiger partial charge on any atom is -0.497 e. The Balaban J connectivity index is 1.82. The van der Waals surface area contributed by atoms with Crippen molar-refractivity contribution in [3.8, 4) is 11.5 Å². The molecule has 0 saturated heterocycles. The van der Waals surface area contributed by atoms with Crippen LogP contribution in [0.25, 0.3) is 0 Å². The SMILES string of the molecule is COc1ccc(OC)c(NC(=O)C2=C(C)N(c3ccccc3)C(=S)NC2c2cccc(C)c2)c1. The van der Waals surface area contributed by atoms with Gasteiger partial charge >= 0.3 is 0 Å². The number of carbonyl (C=O) groups excluding carboxylic acids is 1. The molecule has 0 aliphatic carbocycles. The Morgan fingerprint density at radius 1 is 0.971 bits per heavy atom. The van der Waals surface area contributed by atoms with Gasteiger partial charge in [0.2, 0.25) is 0 Å². The number of benzene rings is 3. The first kappa shape index (κ1) is 23.3. The molecule has 1 amide bonds. The minimum atomic E-state index is -0.413. The van der Waals surface area contributed by atoms with Crippen molar-refractivity contribution in [3.63, 3.8) is 0 Å². The molecule has 1 unspecified atom stereocenters. The average molecular weight is 474 g/mol. The Hall–Kier alpha value is -3.84. The largest absolute Gasteiger partial charge is 0.497 e. The van der Waals surface area contributed by atoms with E-state index in [2.05, 4.69) is 16.7 Å². The van der Waals surface area contributed by atoms with Gasteiger partial charge in [-0.05, 0) is 55.9 Å². The molecule has 0 fully saturated rings. The normalized spacial score (nSPS) is 15.6. The molecular weight excluding hydrogens is 446 g/mol. The Kier molecular flexibility index (Phi) is 6.84. The van der Waals surface area contributed by atoms with E-state index < -0.39 is 6.04 Å². The summed E-state index contributed by atoms with van der Waals surface area (Å²) in [4.78, 5) is 15.7. The van der Waals surface area contributed by atoms with Crippen LogP contribution in [-0.4, -0.2) is 25.2 Å². The summed E-state index contributed by atoms with van der Waals surface area (Å²) in [6.45, 7) is 3.94. The molecule has 3 aromatic carbocycles. The molecule has 1 heterocycles. The zero-order valence-corrected chi connectivity index (χ0v) is 20.4. The molecule has 1 atom stereocenters. The standard InChI is InChI=1S/C27H27N3O3S/c1-17-9-8-10-19(15-17)25-24(18(2)30(27(34)29-25)20-11-6-5-7-12-20)26(31)28-22-16-21(32-3)13-14-23(22)33-4/h5-16,25H,1-4H3,(H,28,31)(H,29,34). The number of nitrogens with one attached hydrogen (secondary N) is 2. The maximum absolute atomic E-state index is 13.8. The summed E-state index contributed by atoms with van der Waals surface area (Å²) in [6.07, 6.45) is 0. The molecule has 0 saturated carbocycles. The van der Waals surface area contributed by atoms with E-state index in [4.69, 9.17) is 21.7 Å². The lowest BCUT2D eigenvalue weighted by molar-refractivity contribution is -0.113. The number of carbonyl (C=O) groups is 1. The van der Waals surface area contributed by atoms with Crippen molar-refractivity contribution in [2.75, 3.05) is 24.4 Å². The third kappa shape index (κ3) is 4.61. The summed E-state index contributed by atoms with van der Waals surface area (Å²) in [7, 11) is 3.15. The molecule has 174 valence electrons. The molecular formula is C27H27N3O3S. The number of nitrogens with zero attached hydrogens (tertiary/aromatic N) is 1. The highest BCUT2D eigenvalue weighted by molar-refractivity contribution is 7.80. The molecule has 3 aromatic rings. The van der Waals surface area contributed by atoms with Crippen LogP contribution in [0.1, 0.15) is 24.1 Å². The lowest BCUT2D eigenvalue weighted by Gasteiger charge is -2.38. The van der Waals surface area contributed by atoms with Crippen molar-refractivity contribution in [2.24, 2.45) is 0 Å². The van der Waals surface area contributed by atoms with Crippen molar-refractivity contribution in [2.45, 2.75) is 19.9 Å². The third-order valence-corrected chi connectivity index (χ3v) is 6.07. The van der Waals surface area contributed by atoms with Gasteiger partial charge in [-0.3, -0.25) is 9.69 Å². The first-order chi connectivity index (χ1) is 16.4. The number of thiocarbonyl (C=S) groups is 1. The molecule has 1 aliphatic heterocycles. The highest BCUT2D eigenvalue weighted by Crippen LogP contribution is 2.36. The van der Waals surface area contributed by atoms with E-state index in [-0.39, 0.29) is 5.91 Å². The fraction of sp³-hybridized carbons (Fsp3) is 0.185. The summed E-state index contributed by atoms with van der Waals surface area (Å²) < 4.78 is 10.8. The Morgan fingerprint density at radius 3 is 2.41 bits per heavy atom. The van der Waals surface area contributed by atoms with Crippen LogP contribution < -0.4 is 25.0 Å². The number of hydrogen-bond donors (Lipinski definition) is 2. The number of ether oxygens (including phenoxy) is 2. The van der Waals surface area contributed by atoms with E-state index >= 15 is 0 Å². The Labute approximate surface area is 205 Å². The molecule has 0 aromatic heterocycles. The predicted molar refractivity (Wildman–Crippen MR) is 139 cm³/mol. The monoisotopic (exact) mass is 473 g/mol. The van der Waals surface area contributed by atoms with Crippen LogP contribution in [0.2, 0.25) is 0 Å². The quantitative estimate of drug-likeness (QED) is 0.470. The molecule has 7 heteroatoms. The minimum absolute atomic E-state index is 0.258. The Bertz CT molecular complexity index is 1260. The average Bonchev–Trinajstić information content (AvgIpc) is 2.84. The highest BCUT2D eigenvalue weighted by atomic mass is 32.1. The Morgan fingerprint density at radius 2 is 1.74 bits per heavy atom. The maximum atomic E-state index is 13.8. The van der Waals surface area contributed by atoms with E-state index in [9.17, 15) is 4.79 Å². The first-order valence-electron chi connectivity index (χ1n) is 10.9. The number of amides is 1. The number of allylic oxidation sites excluding steroid dienone is 1. The van der Waals surface area contributed by atoms with Crippen LogP contribution >= 0.6 is 12.2 Å². The van der Waals surface area contributed by atoms with E-state index in [1.165, 1.54) is 0 Å². The van der Waals surface area contributed by atoms with Crippen molar-refractivity contribution < 1.29 is 14.3 Å². The second-order valence-electron chi connectivity index (χ2n) is 7.99. The molecule has 0 bridgehead atoms. The van der Waals surface area contributed by atoms with Gasteiger partial charge in [0.05, 0.1) is 31.5 Å². The molecule has 0 radical (unpaired) electrons. The van der Waals surface area contributed by atoms with Gasteiger partial charge in [-0.1, -0.05) is 48.0 Å². The summed E-state index contributed by atoms with van der Waals surface area (Å²) >= 11 is 5.75. The van der Waals surface area contributed by atoms with Crippen LogP contribution in [0.15, 0.2) is 84.1 Å². The number of methoxy groups -OCH3 is 2. The number of rotatable bonds is 6. The second kappa shape index (κ2) is 9.97. The summed E-state index contributed by atoms with van der Waals surface area (Å²) in [6, 6.07) is 22.7. The molecule has 1 aliphatic rings. The first-order valence-corrected chi connectivity index (χ1v) is 11.3. The number of hydrogen-bond acceptors (Lipinski definition) is 4. The van der Waals surface area contributed by atoms with Crippen LogP contribution in [0, 0.1) is 6.92 Å². The van der Waals surface area contributed by atoms with E-state index in [0.29, 0.717) is 27.9 Å². The van der Waals surface area contributed by atoms with Gasteiger partial charge < -0.3 is 20.1 Å². The van der Waals surface area contributed by atoms with Crippen LogP contribution in [0.4, 0.5) is 11.4 Å². The lowest BCUT2D eigenvalue weighted by Crippen LogP contribution is -2.48. The van der Waals surface area contributed by atoms with Gasteiger partial charge in [0.1, 0.15) is 11.5 Å². The third-order valence-electron chi connectivity index (χ3n) is 5.77. The zero-order chi connectivity index (χ0) is 24.2. The van der Waals surface area contributed by atoms with Gasteiger partial charge in [0.25, 0.3) is 5.91 Å². The topological polar surface area (TPSA) is 62.8 Å². The van der Waals surface area contributed by atoms with Gasteiger partial charge in [-0.2, -0.15) is 0 Å². The van der Waals surface area contributed by atoms with Crippen LogP contribution in [0.3, 0.4) is 0 Å². The van der Waals surface area contributed by atoms with E-state index in [1.807, 2.05) is 67.3 Å². The number of para-hydroxylation sites is 1. The van der Waals surface area contributed by atoms with Gasteiger partial charge in [-0.15, -0.1) is 0 Å². The van der Waals surface area contributed by atoms with Crippen LogP contribution in [0.5, 0.6) is 11.5 Å². The summed E-state index contributed by atoms with van der Waals surface area (Å²) in [5.74, 6) is 0.899. The molecule has 6 nitrogen and oxygen atoms in total. The zero-order valence-electron chi connectivity index (χ0n) is 19.6. The number of anilines is 2.